The minimum atomic E-state index is 0.240. The van der Waals surface area contributed by atoms with Crippen molar-refractivity contribution in [3.05, 3.63) is 60.4 Å². The molecule has 0 radical (unpaired) electrons. The average molecular weight is 374 g/mol. The molecule has 28 heavy (non-hydrogen) atoms. The monoisotopic (exact) mass is 374 g/mol. The summed E-state index contributed by atoms with van der Waals surface area (Å²) in [5, 5.41) is 0. The third-order valence-electron chi connectivity index (χ3n) is 6.24. The van der Waals surface area contributed by atoms with Gasteiger partial charge in [-0.1, -0.05) is 30.3 Å². The molecule has 1 amide bonds. The van der Waals surface area contributed by atoms with E-state index >= 15 is 0 Å². The molecule has 144 valence electrons. The minimum Gasteiger partial charge on any atom is -0.330 e. The summed E-state index contributed by atoms with van der Waals surface area (Å²) in [7, 11) is 0. The highest BCUT2D eigenvalue weighted by molar-refractivity contribution is 5.96. The largest absolute Gasteiger partial charge is 0.330 e. The van der Waals surface area contributed by atoms with E-state index in [1.54, 1.807) is 0 Å². The van der Waals surface area contributed by atoms with Gasteiger partial charge in [-0.2, -0.15) is 0 Å². The van der Waals surface area contributed by atoms with Gasteiger partial charge in [-0.25, -0.2) is 4.98 Å². The molecule has 2 aliphatic rings. The molecule has 2 aromatic carbocycles. The zero-order chi connectivity index (χ0) is 18.9. The first-order valence-corrected chi connectivity index (χ1v) is 10.3. The summed E-state index contributed by atoms with van der Waals surface area (Å²) in [6.07, 6.45) is 5.21. The Morgan fingerprint density at radius 1 is 1.00 bits per heavy atom. The number of para-hydroxylation sites is 3. The van der Waals surface area contributed by atoms with E-state index in [0.717, 1.165) is 56.6 Å². The van der Waals surface area contributed by atoms with Crippen LogP contribution in [-0.4, -0.2) is 46.5 Å². The van der Waals surface area contributed by atoms with Crippen molar-refractivity contribution in [2.24, 2.45) is 5.92 Å². The van der Waals surface area contributed by atoms with Crippen LogP contribution in [0.1, 0.15) is 18.4 Å². The Morgan fingerprint density at radius 3 is 2.68 bits per heavy atom. The van der Waals surface area contributed by atoms with Crippen molar-refractivity contribution in [1.82, 2.24) is 14.5 Å². The number of piperidine rings is 1. The number of hydrogen-bond acceptors (Lipinski definition) is 3. The van der Waals surface area contributed by atoms with E-state index in [4.69, 9.17) is 0 Å². The zero-order valence-corrected chi connectivity index (χ0v) is 16.1. The van der Waals surface area contributed by atoms with Crippen molar-refractivity contribution < 1.29 is 4.79 Å². The Balaban J connectivity index is 1.16. The number of imidazole rings is 1. The fourth-order valence-electron chi connectivity index (χ4n) is 4.64. The SMILES string of the molecule is O=C(CN1CCC(Cn2cnc3ccccc32)CC1)N1CCc2ccccc21. The second-order valence-electron chi connectivity index (χ2n) is 8.03. The number of anilines is 1. The van der Waals surface area contributed by atoms with E-state index in [-0.39, 0.29) is 5.91 Å². The van der Waals surface area contributed by atoms with E-state index in [0.29, 0.717) is 12.5 Å². The molecule has 0 bridgehead atoms. The second kappa shape index (κ2) is 7.40. The van der Waals surface area contributed by atoms with Gasteiger partial charge >= 0.3 is 0 Å². The third kappa shape index (κ3) is 3.31. The van der Waals surface area contributed by atoms with Gasteiger partial charge in [0, 0.05) is 18.8 Å². The van der Waals surface area contributed by atoms with Gasteiger partial charge in [-0.15, -0.1) is 0 Å². The van der Waals surface area contributed by atoms with Gasteiger partial charge < -0.3 is 9.47 Å². The fraction of sp³-hybridized carbons (Fsp3) is 0.391. The van der Waals surface area contributed by atoms with Gasteiger partial charge in [-0.3, -0.25) is 9.69 Å². The van der Waals surface area contributed by atoms with Crippen LogP contribution in [0.4, 0.5) is 5.69 Å². The van der Waals surface area contributed by atoms with Crippen LogP contribution in [0.25, 0.3) is 11.0 Å². The summed E-state index contributed by atoms with van der Waals surface area (Å²) in [4.78, 5) is 21.6. The van der Waals surface area contributed by atoms with Crippen LogP contribution in [0.2, 0.25) is 0 Å². The maximum absolute atomic E-state index is 12.8. The molecule has 0 spiro atoms. The molecule has 5 rings (SSSR count). The van der Waals surface area contributed by atoms with E-state index in [1.807, 2.05) is 23.4 Å². The predicted octanol–water partition coefficient (Wildman–Crippen LogP) is 3.34. The molecule has 0 aliphatic carbocycles. The van der Waals surface area contributed by atoms with Gasteiger partial charge in [0.1, 0.15) is 0 Å². The van der Waals surface area contributed by atoms with Crippen LogP contribution in [0.5, 0.6) is 0 Å². The van der Waals surface area contributed by atoms with Crippen LogP contribution in [0, 0.1) is 5.92 Å². The number of benzene rings is 2. The Kier molecular flexibility index (Phi) is 4.61. The first kappa shape index (κ1) is 17.4. The Morgan fingerprint density at radius 2 is 1.79 bits per heavy atom. The minimum absolute atomic E-state index is 0.240. The number of likely N-dealkylation sites (tertiary alicyclic amines) is 1. The number of carbonyl (C=O) groups excluding carboxylic acids is 1. The van der Waals surface area contributed by atoms with E-state index in [9.17, 15) is 4.79 Å². The normalized spacial score (nSPS) is 17.9. The van der Waals surface area contributed by atoms with Gasteiger partial charge in [0.25, 0.3) is 0 Å². The lowest BCUT2D eigenvalue weighted by atomic mass is 9.96. The lowest BCUT2D eigenvalue weighted by Gasteiger charge is -2.32. The molecule has 1 aromatic heterocycles. The molecule has 5 nitrogen and oxygen atoms in total. The number of rotatable bonds is 4. The van der Waals surface area contributed by atoms with Crippen LogP contribution < -0.4 is 4.90 Å². The van der Waals surface area contributed by atoms with Crippen LogP contribution in [0.15, 0.2) is 54.9 Å². The highest BCUT2D eigenvalue weighted by Gasteiger charge is 2.27. The van der Waals surface area contributed by atoms with Crippen molar-refractivity contribution in [1.29, 1.82) is 0 Å². The molecule has 1 fully saturated rings. The highest BCUT2D eigenvalue weighted by atomic mass is 16.2. The molecule has 2 aliphatic heterocycles. The first-order valence-electron chi connectivity index (χ1n) is 10.3. The highest BCUT2D eigenvalue weighted by Crippen LogP contribution is 2.28. The van der Waals surface area contributed by atoms with Gasteiger partial charge in [0.15, 0.2) is 0 Å². The van der Waals surface area contributed by atoms with E-state index in [1.165, 1.54) is 11.1 Å². The first-order chi connectivity index (χ1) is 13.8. The van der Waals surface area contributed by atoms with Crippen molar-refractivity contribution in [3.8, 4) is 0 Å². The van der Waals surface area contributed by atoms with Crippen molar-refractivity contribution >= 4 is 22.6 Å². The molecule has 0 atom stereocenters. The average Bonchev–Trinajstić information content (AvgIpc) is 3.34. The predicted molar refractivity (Wildman–Crippen MR) is 111 cm³/mol. The van der Waals surface area contributed by atoms with Crippen molar-refractivity contribution in [2.75, 3.05) is 31.1 Å². The standard InChI is InChI=1S/C23H26N4O/c28-23(27-14-11-19-5-1-3-7-21(19)27)16-25-12-9-18(10-13-25)15-26-17-24-20-6-2-4-8-22(20)26/h1-8,17-18H,9-16H2. The Labute approximate surface area is 165 Å². The van der Waals surface area contributed by atoms with Crippen LogP contribution in [-0.2, 0) is 17.8 Å². The summed E-state index contributed by atoms with van der Waals surface area (Å²) in [6, 6.07) is 16.6. The fourth-order valence-corrected chi connectivity index (χ4v) is 4.64. The summed E-state index contributed by atoms with van der Waals surface area (Å²) in [6.45, 7) is 4.37. The van der Waals surface area contributed by atoms with Crippen molar-refractivity contribution in [2.45, 2.75) is 25.8 Å². The van der Waals surface area contributed by atoms with Gasteiger partial charge in [0.2, 0.25) is 5.91 Å². The van der Waals surface area contributed by atoms with Crippen LogP contribution >= 0.6 is 0 Å². The Bertz CT molecular complexity index is 987. The molecule has 3 aromatic rings. The zero-order valence-electron chi connectivity index (χ0n) is 16.1. The number of hydrogen-bond donors (Lipinski definition) is 0. The lowest BCUT2D eigenvalue weighted by Crippen LogP contribution is -2.43. The summed E-state index contributed by atoms with van der Waals surface area (Å²) >= 11 is 0. The molecule has 0 saturated carbocycles. The molecular formula is C23H26N4O. The maximum atomic E-state index is 12.8. The van der Waals surface area contributed by atoms with Gasteiger partial charge in [-0.05, 0) is 62.0 Å². The Hall–Kier alpha value is -2.66. The number of carbonyl (C=O) groups is 1. The van der Waals surface area contributed by atoms with Gasteiger partial charge in [0.05, 0.1) is 23.9 Å². The number of amides is 1. The number of nitrogens with zero attached hydrogens (tertiary/aromatic N) is 4. The van der Waals surface area contributed by atoms with E-state index in [2.05, 4.69) is 50.8 Å². The quantitative estimate of drug-likeness (QED) is 0.703. The summed E-state index contributed by atoms with van der Waals surface area (Å²) in [5.74, 6) is 0.889. The molecule has 1 saturated heterocycles. The lowest BCUT2D eigenvalue weighted by molar-refractivity contribution is -0.120. The number of aromatic nitrogens is 2. The smallest absolute Gasteiger partial charge is 0.241 e. The molecule has 0 N–H and O–H groups in total. The van der Waals surface area contributed by atoms with E-state index < -0.39 is 0 Å². The summed E-state index contributed by atoms with van der Waals surface area (Å²) in [5.41, 5.74) is 4.68. The van der Waals surface area contributed by atoms with Crippen LogP contribution in [0.3, 0.4) is 0 Å². The topological polar surface area (TPSA) is 41.4 Å². The second-order valence-corrected chi connectivity index (χ2v) is 8.03. The number of fused-ring (bicyclic) bond motifs is 2. The van der Waals surface area contributed by atoms with Crippen molar-refractivity contribution in [3.63, 3.8) is 0 Å². The molecule has 3 heterocycles. The maximum Gasteiger partial charge on any atom is 0.241 e. The molecule has 0 unspecified atom stereocenters. The molecular weight excluding hydrogens is 348 g/mol. The molecule has 5 heteroatoms. The summed E-state index contributed by atoms with van der Waals surface area (Å²) < 4.78 is 2.28. The third-order valence-corrected chi connectivity index (χ3v) is 6.24.